The lowest BCUT2D eigenvalue weighted by Crippen LogP contribution is -2.57. The summed E-state index contributed by atoms with van der Waals surface area (Å²) < 4.78 is 6.39. The summed E-state index contributed by atoms with van der Waals surface area (Å²) in [6.07, 6.45) is 1.69. The molecule has 0 aromatic heterocycles. The molecule has 3 N–H and O–H groups in total. The van der Waals surface area contributed by atoms with Crippen LogP contribution in [0.25, 0.3) is 0 Å². The Morgan fingerprint density at radius 2 is 2.03 bits per heavy atom. The van der Waals surface area contributed by atoms with Crippen LogP contribution in [0.4, 0.5) is 5.69 Å². The fraction of sp³-hybridized carbons (Fsp3) is 0.609. The molecule has 7 atom stereocenters. The van der Waals surface area contributed by atoms with Gasteiger partial charge in [-0.2, -0.15) is 0 Å². The summed E-state index contributed by atoms with van der Waals surface area (Å²) in [7, 11) is 0. The van der Waals surface area contributed by atoms with Crippen molar-refractivity contribution in [3.63, 3.8) is 0 Å². The Morgan fingerprint density at radius 3 is 2.69 bits per heavy atom. The number of hydrogen-bond acceptors (Lipinski definition) is 5. The Morgan fingerprint density at radius 1 is 1.31 bits per heavy atom. The number of amides is 3. The molecule has 3 unspecified atom stereocenters. The van der Waals surface area contributed by atoms with Gasteiger partial charge in [0.1, 0.15) is 11.6 Å². The number of benzene rings is 1. The molecular weight excluding hydrogens is 478 g/mol. The van der Waals surface area contributed by atoms with Gasteiger partial charge in [-0.15, -0.1) is 0 Å². The molecule has 3 saturated heterocycles. The summed E-state index contributed by atoms with van der Waals surface area (Å²) in [5.41, 5.74) is -0.464. The number of likely N-dealkylation sites (tertiary alicyclic amines) is 1. The highest BCUT2D eigenvalue weighted by Gasteiger charge is 2.76. The van der Waals surface area contributed by atoms with Crippen molar-refractivity contribution in [2.24, 2.45) is 11.8 Å². The fourth-order valence-electron chi connectivity index (χ4n) is 5.46. The van der Waals surface area contributed by atoms with Crippen LogP contribution in [0.15, 0.2) is 30.3 Å². The molecule has 174 valence electrons. The molecule has 0 radical (unpaired) electrons. The second kappa shape index (κ2) is 9.11. The normalized spacial score (nSPS) is 33.8. The summed E-state index contributed by atoms with van der Waals surface area (Å²) in [5, 5.41) is 15.7. The molecule has 3 fully saturated rings. The maximum atomic E-state index is 13.7. The standard InChI is InChI=1S/C23H30BrN3O5/c1-3-4-10-25-21(30)19-23-11-15(24)18(32-23)16(17(23)22(31)27(19)13(2)12-28)20(29)26-14-8-6-5-7-9-14/h5-9,13,15-19,28H,3-4,10-12H2,1-2H3,(H,25,30)(H,26,29)/t13-,15?,16+,17+,18+,19?,23?/m1/s1. The number of carbonyl (C=O) groups excluding carboxylic acids is 3. The number of halogens is 1. The fourth-order valence-corrected chi connectivity index (χ4v) is 6.40. The summed E-state index contributed by atoms with van der Waals surface area (Å²) >= 11 is 3.64. The molecule has 2 bridgehead atoms. The Hall–Kier alpha value is -1.97. The third-order valence-corrected chi connectivity index (χ3v) is 7.73. The zero-order chi connectivity index (χ0) is 23.0. The Labute approximate surface area is 196 Å². The van der Waals surface area contributed by atoms with Crippen molar-refractivity contribution in [2.75, 3.05) is 18.5 Å². The highest BCUT2D eigenvalue weighted by Crippen LogP contribution is 2.60. The van der Waals surface area contributed by atoms with Crippen LogP contribution in [0.3, 0.4) is 0 Å². The number of nitrogens with one attached hydrogen (secondary N) is 2. The summed E-state index contributed by atoms with van der Waals surface area (Å²) in [4.78, 5) is 41.6. The molecule has 3 amide bonds. The monoisotopic (exact) mass is 507 g/mol. The van der Waals surface area contributed by atoms with Crippen molar-refractivity contribution >= 4 is 39.3 Å². The predicted molar refractivity (Wildman–Crippen MR) is 122 cm³/mol. The van der Waals surface area contributed by atoms with Crippen LogP contribution in [-0.2, 0) is 19.1 Å². The van der Waals surface area contributed by atoms with E-state index in [4.69, 9.17) is 4.74 Å². The maximum Gasteiger partial charge on any atom is 0.245 e. The highest BCUT2D eigenvalue weighted by molar-refractivity contribution is 9.09. The first-order valence-electron chi connectivity index (χ1n) is 11.2. The molecule has 0 saturated carbocycles. The minimum Gasteiger partial charge on any atom is -0.394 e. The number of nitrogens with zero attached hydrogens (tertiary/aromatic N) is 1. The molecule has 4 rings (SSSR count). The SMILES string of the molecule is CCCCNC(=O)C1N([C@H](C)CO)C(=O)[C@@H]2[C@H](C(=O)Nc3ccccc3)[C@H]3OC12CC3Br. The third kappa shape index (κ3) is 3.64. The van der Waals surface area contributed by atoms with E-state index < -0.39 is 35.6 Å². The van der Waals surface area contributed by atoms with Crippen LogP contribution < -0.4 is 10.6 Å². The van der Waals surface area contributed by atoms with Gasteiger partial charge in [-0.25, -0.2) is 0 Å². The second-order valence-corrected chi connectivity index (χ2v) is 10.1. The van der Waals surface area contributed by atoms with Gasteiger partial charge in [0.05, 0.1) is 30.6 Å². The zero-order valence-corrected chi connectivity index (χ0v) is 19.9. The van der Waals surface area contributed by atoms with Crippen molar-refractivity contribution in [1.82, 2.24) is 10.2 Å². The summed E-state index contributed by atoms with van der Waals surface area (Å²) in [6.45, 7) is 3.96. The van der Waals surface area contributed by atoms with Crippen molar-refractivity contribution in [1.29, 1.82) is 0 Å². The van der Waals surface area contributed by atoms with Gasteiger partial charge in [-0.3, -0.25) is 14.4 Å². The van der Waals surface area contributed by atoms with Gasteiger partial charge in [0, 0.05) is 17.1 Å². The Kier molecular flexibility index (Phi) is 6.61. The van der Waals surface area contributed by atoms with Crippen LogP contribution >= 0.6 is 15.9 Å². The van der Waals surface area contributed by atoms with Gasteiger partial charge in [-0.1, -0.05) is 47.5 Å². The maximum absolute atomic E-state index is 13.7. The summed E-state index contributed by atoms with van der Waals surface area (Å²) in [6, 6.07) is 7.61. The zero-order valence-electron chi connectivity index (χ0n) is 18.3. The van der Waals surface area contributed by atoms with E-state index >= 15 is 0 Å². The number of rotatable bonds is 8. The van der Waals surface area contributed by atoms with Crippen LogP contribution in [0.1, 0.15) is 33.1 Å². The molecule has 3 aliphatic heterocycles. The van der Waals surface area contributed by atoms with E-state index in [1.165, 1.54) is 4.90 Å². The molecule has 9 heteroatoms. The molecule has 1 spiro atoms. The van der Waals surface area contributed by atoms with Crippen LogP contribution in [-0.4, -0.2) is 69.5 Å². The smallest absolute Gasteiger partial charge is 0.245 e. The van der Waals surface area contributed by atoms with E-state index in [-0.39, 0.29) is 29.2 Å². The quantitative estimate of drug-likeness (QED) is 0.366. The molecule has 0 aliphatic carbocycles. The first kappa shape index (κ1) is 23.2. The number of aliphatic hydroxyl groups is 1. The van der Waals surface area contributed by atoms with Crippen molar-refractivity contribution in [3.05, 3.63) is 30.3 Å². The van der Waals surface area contributed by atoms with E-state index in [9.17, 15) is 19.5 Å². The number of para-hydroxylation sites is 1. The first-order valence-corrected chi connectivity index (χ1v) is 12.2. The highest BCUT2D eigenvalue weighted by atomic mass is 79.9. The number of unbranched alkanes of at least 4 members (excludes halogenated alkanes) is 1. The van der Waals surface area contributed by atoms with E-state index in [1.54, 1.807) is 19.1 Å². The lowest BCUT2D eigenvalue weighted by molar-refractivity contribution is -0.144. The molecular formula is C23H30BrN3O5. The molecule has 1 aromatic rings. The third-order valence-electron chi connectivity index (χ3n) is 6.89. The van der Waals surface area contributed by atoms with E-state index in [1.807, 2.05) is 25.1 Å². The molecule has 8 nitrogen and oxygen atoms in total. The Balaban J connectivity index is 1.68. The number of ether oxygens (including phenoxy) is 1. The van der Waals surface area contributed by atoms with Gasteiger partial charge in [0.15, 0.2) is 0 Å². The molecule has 3 aliphatic rings. The topological polar surface area (TPSA) is 108 Å². The number of fused-ring (bicyclic) bond motifs is 1. The lowest BCUT2D eigenvalue weighted by Gasteiger charge is -2.35. The minimum atomic E-state index is -1.10. The Bertz CT molecular complexity index is 884. The largest absolute Gasteiger partial charge is 0.394 e. The van der Waals surface area contributed by atoms with E-state index in [0.717, 1.165) is 12.8 Å². The molecule has 3 heterocycles. The van der Waals surface area contributed by atoms with E-state index in [0.29, 0.717) is 18.7 Å². The average molecular weight is 508 g/mol. The molecule has 1 aromatic carbocycles. The van der Waals surface area contributed by atoms with Gasteiger partial charge in [0.2, 0.25) is 17.7 Å². The van der Waals surface area contributed by atoms with Crippen LogP contribution in [0.2, 0.25) is 0 Å². The first-order chi connectivity index (χ1) is 15.4. The van der Waals surface area contributed by atoms with Crippen LogP contribution in [0.5, 0.6) is 0 Å². The average Bonchev–Trinajstić information content (AvgIpc) is 3.37. The van der Waals surface area contributed by atoms with Gasteiger partial charge in [0.25, 0.3) is 0 Å². The van der Waals surface area contributed by atoms with E-state index in [2.05, 4.69) is 26.6 Å². The van der Waals surface area contributed by atoms with Gasteiger partial charge in [-0.05, 0) is 31.9 Å². The number of aliphatic hydroxyl groups excluding tert-OH is 1. The number of hydrogen-bond donors (Lipinski definition) is 3. The number of alkyl halides is 1. The van der Waals surface area contributed by atoms with Crippen molar-refractivity contribution < 1.29 is 24.2 Å². The van der Waals surface area contributed by atoms with Crippen molar-refractivity contribution in [2.45, 2.75) is 61.7 Å². The van der Waals surface area contributed by atoms with Gasteiger partial charge < -0.3 is 25.4 Å². The number of anilines is 1. The predicted octanol–water partition coefficient (Wildman–Crippen LogP) is 1.67. The van der Waals surface area contributed by atoms with Crippen molar-refractivity contribution in [3.8, 4) is 0 Å². The summed E-state index contributed by atoms with van der Waals surface area (Å²) in [5.74, 6) is -2.41. The minimum absolute atomic E-state index is 0.159. The van der Waals surface area contributed by atoms with Gasteiger partial charge >= 0.3 is 0 Å². The lowest BCUT2D eigenvalue weighted by atomic mass is 9.70. The van der Waals surface area contributed by atoms with Crippen LogP contribution in [0, 0.1) is 11.8 Å². The number of carbonyl (C=O) groups is 3. The molecule has 32 heavy (non-hydrogen) atoms. The second-order valence-electron chi connectivity index (χ2n) is 8.94.